The van der Waals surface area contributed by atoms with E-state index < -0.39 is 15.9 Å². The van der Waals surface area contributed by atoms with Crippen LogP contribution in [0.15, 0.2) is 42.5 Å². The van der Waals surface area contributed by atoms with E-state index in [1.807, 2.05) is 24.3 Å². The zero-order valence-corrected chi connectivity index (χ0v) is 17.7. The summed E-state index contributed by atoms with van der Waals surface area (Å²) < 4.78 is 25.1. The summed E-state index contributed by atoms with van der Waals surface area (Å²) in [4.78, 5) is 12.2. The molecule has 0 aromatic heterocycles. The second kappa shape index (κ2) is 9.64. The van der Waals surface area contributed by atoms with Crippen molar-refractivity contribution in [2.75, 3.05) is 23.7 Å². The third-order valence-corrected chi connectivity index (χ3v) is 5.89. The molecular formula is C18H19Cl3N2O3S. The molecule has 0 atom stereocenters. The van der Waals surface area contributed by atoms with E-state index in [1.165, 1.54) is 18.2 Å². The molecule has 2 rings (SSSR count). The van der Waals surface area contributed by atoms with Crippen LogP contribution in [0.1, 0.15) is 12.0 Å². The van der Waals surface area contributed by atoms with Crippen LogP contribution in [-0.4, -0.2) is 33.7 Å². The van der Waals surface area contributed by atoms with Crippen molar-refractivity contribution in [2.45, 2.75) is 12.8 Å². The fourth-order valence-corrected chi connectivity index (χ4v) is 3.66. The van der Waals surface area contributed by atoms with Crippen LogP contribution >= 0.6 is 34.8 Å². The second-order valence-electron chi connectivity index (χ2n) is 5.95. The Labute approximate surface area is 174 Å². The largest absolute Gasteiger partial charge is 0.355 e. The van der Waals surface area contributed by atoms with Crippen LogP contribution < -0.4 is 9.62 Å². The van der Waals surface area contributed by atoms with Crippen LogP contribution in [0.4, 0.5) is 5.69 Å². The highest BCUT2D eigenvalue weighted by Gasteiger charge is 2.21. The summed E-state index contributed by atoms with van der Waals surface area (Å²) in [6.07, 6.45) is 2.53. The first-order chi connectivity index (χ1) is 12.7. The number of amides is 1. The maximum Gasteiger partial charge on any atom is 0.240 e. The van der Waals surface area contributed by atoms with Gasteiger partial charge in [-0.3, -0.25) is 9.10 Å². The number of carbonyl (C=O) groups excluding carboxylic acids is 1. The lowest BCUT2D eigenvalue weighted by Crippen LogP contribution is -2.40. The summed E-state index contributed by atoms with van der Waals surface area (Å²) in [7, 11) is -3.66. The third-order valence-electron chi connectivity index (χ3n) is 3.76. The maximum absolute atomic E-state index is 12.2. The summed E-state index contributed by atoms with van der Waals surface area (Å²) >= 11 is 17.7. The highest BCUT2D eigenvalue weighted by molar-refractivity contribution is 7.92. The van der Waals surface area contributed by atoms with Gasteiger partial charge in [0, 0.05) is 11.6 Å². The Kier molecular flexibility index (Phi) is 7.79. The molecule has 1 amide bonds. The molecule has 0 heterocycles. The summed E-state index contributed by atoms with van der Waals surface area (Å²) in [5.41, 5.74) is 1.39. The smallest absolute Gasteiger partial charge is 0.240 e. The van der Waals surface area contributed by atoms with E-state index in [0.717, 1.165) is 29.0 Å². The van der Waals surface area contributed by atoms with E-state index in [0.29, 0.717) is 16.6 Å². The Morgan fingerprint density at radius 3 is 2.30 bits per heavy atom. The Morgan fingerprint density at radius 2 is 1.70 bits per heavy atom. The Balaban J connectivity index is 1.92. The quantitative estimate of drug-likeness (QED) is 0.615. The van der Waals surface area contributed by atoms with Gasteiger partial charge in [-0.25, -0.2) is 8.42 Å². The first kappa shape index (κ1) is 21.8. The predicted octanol–water partition coefficient (Wildman–Crippen LogP) is 4.16. The van der Waals surface area contributed by atoms with Gasteiger partial charge in [-0.15, -0.1) is 0 Å². The molecule has 0 bridgehead atoms. The van der Waals surface area contributed by atoms with Crippen LogP contribution in [0.25, 0.3) is 0 Å². The van der Waals surface area contributed by atoms with Gasteiger partial charge < -0.3 is 5.32 Å². The van der Waals surface area contributed by atoms with Crippen LogP contribution in [0.5, 0.6) is 0 Å². The van der Waals surface area contributed by atoms with Crippen molar-refractivity contribution in [3.8, 4) is 0 Å². The third kappa shape index (κ3) is 6.88. The van der Waals surface area contributed by atoms with Crippen LogP contribution in [-0.2, 0) is 21.2 Å². The van der Waals surface area contributed by atoms with Crippen molar-refractivity contribution in [1.29, 1.82) is 0 Å². The molecule has 9 heteroatoms. The van der Waals surface area contributed by atoms with Crippen LogP contribution in [0.2, 0.25) is 15.1 Å². The van der Waals surface area contributed by atoms with Crippen molar-refractivity contribution in [3.63, 3.8) is 0 Å². The number of hydrogen-bond acceptors (Lipinski definition) is 3. The Bertz CT molecular complexity index is 903. The normalized spacial score (nSPS) is 11.3. The molecule has 0 radical (unpaired) electrons. The minimum Gasteiger partial charge on any atom is -0.355 e. The van der Waals surface area contributed by atoms with Gasteiger partial charge in [0.15, 0.2) is 0 Å². The van der Waals surface area contributed by atoms with E-state index in [2.05, 4.69) is 5.32 Å². The van der Waals surface area contributed by atoms with E-state index in [4.69, 9.17) is 34.8 Å². The van der Waals surface area contributed by atoms with E-state index in [-0.39, 0.29) is 17.3 Å². The van der Waals surface area contributed by atoms with Crippen LogP contribution in [0, 0.1) is 0 Å². The fraction of sp³-hybridized carbons (Fsp3) is 0.278. The number of carbonyl (C=O) groups is 1. The molecule has 0 saturated heterocycles. The van der Waals surface area contributed by atoms with Gasteiger partial charge in [0.25, 0.3) is 0 Å². The number of sulfonamides is 1. The number of rotatable bonds is 8. The zero-order valence-electron chi connectivity index (χ0n) is 14.6. The molecule has 0 unspecified atom stereocenters. The molecule has 27 heavy (non-hydrogen) atoms. The van der Waals surface area contributed by atoms with Gasteiger partial charge in [-0.05, 0) is 48.7 Å². The molecule has 2 aromatic carbocycles. The van der Waals surface area contributed by atoms with Gasteiger partial charge in [-0.1, -0.05) is 46.9 Å². The number of hydrogen-bond donors (Lipinski definition) is 1. The molecule has 0 fully saturated rings. The van der Waals surface area contributed by atoms with Crippen LogP contribution in [0.3, 0.4) is 0 Å². The summed E-state index contributed by atoms with van der Waals surface area (Å²) in [5, 5.41) is 3.93. The Morgan fingerprint density at radius 1 is 1.04 bits per heavy atom. The molecular weight excluding hydrogens is 431 g/mol. The first-order valence-corrected chi connectivity index (χ1v) is 11.1. The fourth-order valence-electron chi connectivity index (χ4n) is 2.40. The lowest BCUT2D eigenvalue weighted by atomic mass is 10.1. The van der Waals surface area contributed by atoms with Crippen molar-refractivity contribution in [2.24, 2.45) is 0 Å². The van der Waals surface area contributed by atoms with Crippen molar-refractivity contribution < 1.29 is 13.2 Å². The monoisotopic (exact) mass is 448 g/mol. The van der Waals surface area contributed by atoms with Crippen molar-refractivity contribution >= 4 is 56.4 Å². The predicted molar refractivity (Wildman–Crippen MR) is 111 cm³/mol. The SMILES string of the molecule is CS(=O)(=O)N(CC(=O)NCCCc1ccc(Cl)cc1)c1ccc(Cl)c(Cl)c1. The molecule has 0 saturated carbocycles. The second-order valence-corrected chi connectivity index (χ2v) is 9.11. The minimum atomic E-state index is -3.66. The zero-order chi connectivity index (χ0) is 20.0. The molecule has 5 nitrogen and oxygen atoms in total. The number of nitrogens with one attached hydrogen (secondary N) is 1. The topological polar surface area (TPSA) is 66.5 Å². The lowest BCUT2D eigenvalue weighted by Gasteiger charge is -2.22. The molecule has 146 valence electrons. The molecule has 0 aliphatic carbocycles. The van der Waals surface area contributed by atoms with Gasteiger partial charge in [0.1, 0.15) is 6.54 Å². The molecule has 0 spiro atoms. The number of anilines is 1. The molecule has 1 N–H and O–H groups in total. The van der Waals surface area contributed by atoms with Crippen molar-refractivity contribution in [3.05, 3.63) is 63.1 Å². The first-order valence-electron chi connectivity index (χ1n) is 8.11. The van der Waals surface area contributed by atoms with E-state index in [9.17, 15) is 13.2 Å². The van der Waals surface area contributed by atoms with Gasteiger partial charge in [0.05, 0.1) is 22.0 Å². The summed E-state index contributed by atoms with van der Waals surface area (Å²) in [5.74, 6) is -0.400. The number of aryl methyl sites for hydroxylation is 1. The highest BCUT2D eigenvalue weighted by atomic mass is 35.5. The highest BCUT2D eigenvalue weighted by Crippen LogP contribution is 2.28. The number of nitrogens with zero attached hydrogens (tertiary/aromatic N) is 1. The summed E-state index contributed by atoms with van der Waals surface area (Å²) in [6, 6.07) is 11.9. The molecule has 0 aliphatic rings. The maximum atomic E-state index is 12.2. The lowest BCUT2D eigenvalue weighted by molar-refractivity contribution is -0.119. The van der Waals surface area contributed by atoms with Gasteiger partial charge in [0.2, 0.25) is 15.9 Å². The van der Waals surface area contributed by atoms with E-state index in [1.54, 1.807) is 0 Å². The molecule has 0 aliphatic heterocycles. The van der Waals surface area contributed by atoms with Crippen molar-refractivity contribution in [1.82, 2.24) is 5.32 Å². The average molecular weight is 450 g/mol. The standard InChI is InChI=1S/C18H19Cl3N2O3S/c1-27(25,26)23(15-8-9-16(20)17(21)11-15)12-18(24)22-10-2-3-13-4-6-14(19)7-5-13/h4-9,11H,2-3,10,12H2,1H3,(H,22,24). The minimum absolute atomic E-state index is 0.214. The Hall–Kier alpha value is -1.47. The van der Waals surface area contributed by atoms with E-state index >= 15 is 0 Å². The number of benzene rings is 2. The van der Waals surface area contributed by atoms with Gasteiger partial charge in [-0.2, -0.15) is 0 Å². The molecule has 2 aromatic rings. The average Bonchev–Trinajstić information content (AvgIpc) is 2.60. The summed E-state index contributed by atoms with van der Waals surface area (Å²) in [6.45, 7) is 0.0954. The number of halogens is 3. The van der Waals surface area contributed by atoms with Gasteiger partial charge >= 0.3 is 0 Å².